The van der Waals surface area contributed by atoms with Gasteiger partial charge < -0.3 is 14.9 Å². The Morgan fingerprint density at radius 3 is 2.25 bits per heavy atom. The summed E-state index contributed by atoms with van der Waals surface area (Å²) in [6, 6.07) is 4.95. The van der Waals surface area contributed by atoms with E-state index in [4.69, 9.17) is 4.74 Å². The van der Waals surface area contributed by atoms with Gasteiger partial charge in [-0.15, -0.1) is 0 Å². The highest BCUT2D eigenvalue weighted by Crippen LogP contribution is 2.28. The Bertz CT molecular complexity index is 363. The van der Waals surface area contributed by atoms with Crippen molar-refractivity contribution in [1.29, 1.82) is 0 Å². The summed E-state index contributed by atoms with van der Waals surface area (Å²) in [4.78, 5) is 0. The highest BCUT2D eigenvalue weighted by Gasteiger charge is 2.05. The molecule has 0 spiro atoms. The predicted octanol–water partition coefficient (Wildman–Crippen LogP) is 4.76. The van der Waals surface area contributed by atoms with Crippen molar-refractivity contribution in [2.75, 3.05) is 6.61 Å². The normalized spacial score (nSPS) is 10.8. The van der Waals surface area contributed by atoms with Gasteiger partial charge in [-0.1, -0.05) is 64.0 Å². The average molecular weight is 280 g/mol. The summed E-state index contributed by atoms with van der Waals surface area (Å²) in [5.74, 6) is -0.151. The SMILES string of the molecule is CCCCCCCCCCOCc1cccc(O)c1O. The number of hydrogen-bond acceptors (Lipinski definition) is 3. The van der Waals surface area contributed by atoms with Crippen LogP contribution in [0.15, 0.2) is 18.2 Å². The van der Waals surface area contributed by atoms with Gasteiger partial charge in [0.25, 0.3) is 0 Å². The first-order valence-electron chi connectivity index (χ1n) is 7.83. The number of aromatic hydroxyl groups is 2. The molecule has 114 valence electrons. The molecule has 0 heterocycles. The van der Waals surface area contributed by atoms with Crippen LogP contribution >= 0.6 is 0 Å². The quantitative estimate of drug-likeness (QED) is 0.454. The number of para-hydroxylation sites is 1. The number of benzene rings is 1. The fourth-order valence-electron chi connectivity index (χ4n) is 2.21. The van der Waals surface area contributed by atoms with Crippen molar-refractivity contribution in [3.05, 3.63) is 23.8 Å². The lowest BCUT2D eigenvalue weighted by Gasteiger charge is -2.07. The number of phenols is 2. The lowest BCUT2D eigenvalue weighted by molar-refractivity contribution is 0.114. The minimum Gasteiger partial charge on any atom is -0.504 e. The lowest BCUT2D eigenvalue weighted by atomic mass is 10.1. The molecule has 0 amide bonds. The van der Waals surface area contributed by atoms with Crippen LogP contribution in [-0.4, -0.2) is 16.8 Å². The largest absolute Gasteiger partial charge is 0.504 e. The van der Waals surface area contributed by atoms with E-state index in [1.165, 1.54) is 51.0 Å². The summed E-state index contributed by atoms with van der Waals surface area (Å²) >= 11 is 0. The number of unbranched alkanes of at least 4 members (excludes halogenated alkanes) is 7. The highest BCUT2D eigenvalue weighted by molar-refractivity contribution is 5.43. The molecule has 0 aromatic heterocycles. The number of hydrogen-bond donors (Lipinski definition) is 2. The maximum Gasteiger partial charge on any atom is 0.163 e. The molecule has 0 aliphatic carbocycles. The van der Waals surface area contributed by atoms with Crippen molar-refractivity contribution in [2.24, 2.45) is 0 Å². The molecule has 0 bridgehead atoms. The van der Waals surface area contributed by atoms with Crippen LogP contribution in [0.1, 0.15) is 63.9 Å². The summed E-state index contributed by atoms with van der Waals surface area (Å²) in [6.07, 6.45) is 10.3. The van der Waals surface area contributed by atoms with Crippen LogP contribution in [0.25, 0.3) is 0 Å². The van der Waals surface area contributed by atoms with Crippen molar-refractivity contribution in [3.63, 3.8) is 0 Å². The van der Waals surface area contributed by atoms with Gasteiger partial charge in [-0.25, -0.2) is 0 Å². The molecular formula is C17H28O3. The zero-order valence-corrected chi connectivity index (χ0v) is 12.6. The molecule has 0 aliphatic heterocycles. The average Bonchev–Trinajstić information content (AvgIpc) is 2.45. The Morgan fingerprint density at radius 2 is 1.55 bits per heavy atom. The molecule has 0 saturated heterocycles. The van der Waals surface area contributed by atoms with E-state index >= 15 is 0 Å². The van der Waals surface area contributed by atoms with Crippen LogP contribution in [-0.2, 0) is 11.3 Å². The zero-order valence-electron chi connectivity index (χ0n) is 12.6. The van der Waals surface area contributed by atoms with Gasteiger partial charge in [0.1, 0.15) is 0 Å². The molecule has 0 saturated carbocycles. The van der Waals surface area contributed by atoms with Crippen LogP contribution in [0.3, 0.4) is 0 Å². The standard InChI is InChI=1S/C17H28O3/c1-2-3-4-5-6-7-8-9-13-20-14-15-11-10-12-16(18)17(15)19/h10-12,18-19H,2-9,13-14H2,1H3. The van der Waals surface area contributed by atoms with Gasteiger partial charge in [-0.2, -0.15) is 0 Å². The van der Waals surface area contributed by atoms with Crippen molar-refractivity contribution in [3.8, 4) is 11.5 Å². The second-order valence-electron chi connectivity index (χ2n) is 5.31. The molecule has 0 atom stereocenters. The second kappa shape index (κ2) is 10.6. The number of ether oxygens (including phenoxy) is 1. The summed E-state index contributed by atoms with van der Waals surface area (Å²) in [5, 5.41) is 19.0. The van der Waals surface area contributed by atoms with Crippen LogP contribution in [0, 0.1) is 0 Å². The van der Waals surface area contributed by atoms with Crippen molar-refractivity contribution in [1.82, 2.24) is 0 Å². The number of phenolic OH excluding ortho intramolecular Hbond substituents is 2. The first kappa shape index (κ1) is 16.8. The van der Waals surface area contributed by atoms with Gasteiger partial charge in [0.15, 0.2) is 11.5 Å². The number of rotatable bonds is 11. The molecule has 0 aliphatic rings. The first-order valence-corrected chi connectivity index (χ1v) is 7.83. The highest BCUT2D eigenvalue weighted by atomic mass is 16.5. The van der Waals surface area contributed by atoms with E-state index in [1.54, 1.807) is 12.1 Å². The maximum atomic E-state index is 9.61. The van der Waals surface area contributed by atoms with E-state index in [9.17, 15) is 10.2 Å². The smallest absolute Gasteiger partial charge is 0.163 e. The third kappa shape index (κ3) is 6.80. The molecule has 0 radical (unpaired) electrons. The van der Waals surface area contributed by atoms with Crippen LogP contribution in [0.4, 0.5) is 0 Å². The van der Waals surface area contributed by atoms with E-state index < -0.39 is 0 Å². The molecule has 0 unspecified atom stereocenters. The third-order valence-corrected chi connectivity index (χ3v) is 3.50. The van der Waals surface area contributed by atoms with Crippen LogP contribution < -0.4 is 0 Å². The van der Waals surface area contributed by atoms with E-state index in [-0.39, 0.29) is 11.5 Å². The van der Waals surface area contributed by atoms with Gasteiger partial charge in [0, 0.05) is 12.2 Å². The van der Waals surface area contributed by atoms with Gasteiger partial charge in [-0.3, -0.25) is 0 Å². The van der Waals surface area contributed by atoms with E-state index in [0.29, 0.717) is 18.8 Å². The summed E-state index contributed by atoms with van der Waals surface area (Å²) in [5.41, 5.74) is 0.643. The third-order valence-electron chi connectivity index (χ3n) is 3.50. The Labute approximate surface area is 122 Å². The second-order valence-corrected chi connectivity index (χ2v) is 5.31. The molecule has 0 fully saturated rings. The Morgan fingerprint density at radius 1 is 0.900 bits per heavy atom. The fourth-order valence-corrected chi connectivity index (χ4v) is 2.21. The fraction of sp³-hybridized carbons (Fsp3) is 0.647. The molecule has 3 nitrogen and oxygen atoms in total. The first-order chi connectivity index (χ1) is 9.75. The summed E-state index contributed by atoms with van der Waals surface area (Å²) < 4.78 is 5.53. The summed E-state index contributed by atoms with van der Waals surface area (Å²) in [7, 11) is 0. The Kier molecular flexibility index (Phi) is 8.88. The monoisotopic (exact) mass is 280 g/mol. The van der Waals surface area contributed by atoms with Crippen molar-refractivity contribution < 1.29 is 14.9 Å². The van der Waals surface area contributed by atoms with Crippen molar-refractivity contribution >= 4 is 0 Å². The Balaban J connectivity index is 1.98. The van der Waals surface area contributed by atoms with Crippen LogP contribution in [0.5, 0.6) is 11.5 Å². The van der Waals surface area contributed by atoms with Crippen molar-refractivity contribution in [2.45, 2.75) is 64.9 Å². The maximum absolute atomic E-state index is 9.61. The topological polar surface area (TPSA) is 49.7 Å². The molecule has 1 aromatic carbocycles. The molecule has 1 aromatic rings. The van der Waals surface area contributed by atoms with E-state index in [1.807, 2.05) is 0 Å². The van der Waals surface area contributed by atoms with Gasteiger partial charge in [-0.05, 0) is 12.5 Å². The molecular weight excluding hydrogens is 252 g/mol. The summed E-state index contributed by atoms with van der Waals surface area (Å²) in [6.45, 7) is 3.31. The van der Waals surface area contributed by atoms with E-state index in [2.05, 4.69) is 6.92 Å². The van der Waals surface area contributed by atoms with Gasteiger partial charge in [0.05, 0.1) is 6.61 Å². The Hall–Kier alpha value is -1.22. The lowest BCUT2D eigenvalue weighted by Crippen LogP contribution is -1.96. The minimum atomic E-state index is -0.0850. The van der Waals surface area contributed by atoms with Gasteiger partial charge in [0.2, 0.25) is 0 Å². The zero-order chi connectivity index (χ0) is 14.6. The molecule has 20 heavy (non-hydrogen) atoms. The van der Waals surface area contributed by atoms with Gasteiger partial charge >= 0.3 is 0 Å². The van der Waals surface area contributed by atoms with Crippen LogP contribution in [0.2, 0.25) is 0 Å². The minimum absolute atomic E-state index is 0.0663. The molecule has 3 heteroatoms. The van der Waals surface area contributed by atoms with E-state index in [0.717, 1.165) is 6.42 Å². The molecule has 2 N–H and O–H groups in total. The molecule has 1 rings (SSSR count). The predicted molar refractivity (Wildman–Crippen MR) is 82.0 cm³/mol.